The van der Waals surface area contributed by atoms with E-state index in [1.807, 2.05) is 0 Å². The number of carbonyl (C=O) groups is 1. The topological polar surface area (TPSA) is 32.3 Å². The van der Waals surface area contributed by atoms with Gasteiger partial charge in [-0.15, -0.1) is 0 Å². The summed E-state index contributed by atoms with van der Waals surface area (Å²) in [7, 11) is 0. The SMILES string of the molecule is CCN1CCC[C@H]1C(=O)NC1CC1. The molecule has 0 unspecified atom stereocenters. The van der Waals surface area contributed by atoms with Gasteiger partial charge < -0.3 is 5.32 Å². The summed E-state index contributed by atoms with van der Waals surface area (Å²) in [5.41, 5.74) is 0. The lowest BCUT2D eigenvalue weighted by Crippen LogP contribution is -2.43. The quantitative estimate of drug-likeness (QED) is 0.698. The highest BCUT2D eigenvalue weighted by atomic mass is 16.2. The maximum absolute atomic E-state index is 11.7. The molecule has 2 aliphatic rings. The van der Waals surface area contributed by atoms with E-state index in [2.05, 4.69) is 17.1 Å². The highest BCUT2D eigenvalue weighted by Crippen LogP contribution is 2.21. The Morgan fingerprint density at radius 3 is 2.85 bits per heavy atom. The number of rotatable bonds is 3. The van der Waals surface area contributed by atoms with Crippen molar-refractivity contribution < 1.29 is 4.79 Å². The molecule has 1 heterocycles. The van der Waals surface area contributed by atoms with E-state index in [1.165, 1.54) is 19.3 Å². The van der Waals surface area contributed by atoms with Crippen molar-refractivity contribution >= 4 is 5.91 Å². The Hall–Kier alpha value is -0.570. The van der Waals surface area contributed by atoms with Gasteiger partial charge in [0.25, 0.3) is 0 Å². The second-order valence-electron chi connectivity index (χ2n) is 4.07. The molecular formula is C10H18N2O. The highest BCUT2D eigenvalue weighted by Gasteiger charge is 2.32. The summed E-state index contributed by atoms with van der Waals surface area (Å²) in [5.74, 6) is 0.266. The number of hydrogen-bond donors (Lipinski definition) is 1. The van der Waals surface area contributed by atoms with E-state index in [0.29, 0.717) is 6.04 Å². The van der Waals surface area contributed by atoms with Crippen LogP contribution in [0.1, 0.15) is 32.6 Å². The van der Waals surface area contributed by atoms with Gasteiger partial charge in [-0.1, -0.05) is 6.92 Å². The van der Waals surface area contributed by atoms with Gasteiger partial charge in [0.15, 0.2) is 0 Å². The Kier molecular flexibility index (Phi) is 2.54. The van der Waals surface area contributed by atoms with E-state index in [4.69, 9.17) is 0 Å². The van der Waals surface area contributed by atoms with Crippen LogP contribution in [0.3, 0.4) is 0 Å². The van der Waals surface area contributed by atoms with Crippen LogP contribution >= 0.6 is 0 Å². The normalized spacial score (nSPS) is 29.2. The molecule has 0 radical (unpaired) electrons. The summed E-state index contributed by atoms with van der Waals surface area (Å²) >= 11 is 0. The molecule has 3 nitrogen and oxygen atoms in total. The number of hydrogen-bond acceptors (Lipinski definition) is 2. The van der Waals surface area contributed by atoms with Crippen molar-refractivity contribution in [3.8, 4) is 0 Å². The first kappa shape index (κ1) is 9.00. The smallest absolute Gasteiger partial charge is 0.237 e. The molecule has 0 aromatic carbocycles. The molecule has 2 rings (SSSR count). The minimum absolute atomic E-state index is 0.172. The van der Waals surface area contributed by atoms with Gasteiger partial charge in [-0.2, -0.15) is 0 Å². The molecular weight excluding hydrogens is 164 g/mol. The fourth-order valence-corrected chi connectivity index (χ4v) is 2.03. The number of likely N-dealkylation sites (tertiary alicyclic amines) is 1. The first-order valence-electron chi connectivity index (χ1n) is 5.35. The van der Waals surface area contributed by atoms with E-state index in [-0.39, 0.29) is 11.9 Å². The van der Waals surface area contributed by atoms with E-state index < -0.39 is 0 Å². The van der Waals surface area contributed by atoms with Crippen LogP contribution in [0.4, 0.5) is 0 Å². The highest BCUT2D eigenvalue weighted by molar-refractivity contribution is 5.82. The van der Waals surface area contributed by atoms with E-state index in [9.17, 15) is 4.79 Å². The number of nitrogens with zero attached hydrogens (tertiary/aromatic N) is 1. The van der Waals surface area contributed by atoms with Crippen molar-refractivity contribution in [2.45, 2.75) is 44.7 Å². The Morgan fingerprint density at radius 1 is 1.46 bits per heavy atom. The predicted octanol–water partition coefficient (Wildman–Crippen LogP) is 0.749. The first-order valence-corrected chi connectivity index (χ1v) is 5.35. The van der Waals surface area contributed by atoms with Gasteiger partial charge in [-0.25, -0.2) is 0 Å². The molecule has 3 heteroatoms. The summed E-state index contributed by atoms with van der Waals surface area (Å²) in [6, 6.07) is 0.678. The largest absolute Gasteiger partial charge is 0.352 e. The molecule has 1 atom stereocenters. The van der Waals surface area contributed by atoms with Gasteiger partial charge in [0.1, 0.15) is 0 Å². The first-order chi connectivity index (χ1) is 6.31. The van der Waals surface area contributed by atoms with Crippen LogP contribution < -0.4 is 5.32 Å². The summed E-state index contributed by atoms with van der Waals surface area (Å²) in [6.45, 7) is 4.23. The van der Waals surface area contributed by atoms with Crippen molar-refractivity contribution in [1.82, 2.24) is 10.2 Å². The Labute approximate surface area is 79.5 Å². The van der Waals surface area contributed by atoms with Gasteiger partial charge in [-0.3, -0.25) is 9.69 Å². The van der Waals surface area contributed by atoms with Gasteiger partial charge in [0, 0.05) is 6.04 Å². The maximum atomic E-state index is 11.7. The average molecular weight is 182 g/mol. The lowest BCUT2D eigenvalue weighted by Gasteiger charge is -2.21. The zero-order chi connectivity index (χ0) is 9.26. The molecule has 13 heavy (non-hydrogen) atoms. The van der Waals surface area contributed by atoms with Crippen LogP contribution in [0.5, 0.6) is 0 Å². The second-order valence-corrected chi connectivity index (χ2v) is 4.07. The lowest BCUT2D eigenvalue weighted by molar-refractivity contribution is -0.125. The number of nitrogens with one attached hydrogen (secondary N) is 1. The predicted molar refractivity (Wildman–Crippen MR) is 51.4 cm³/mol. The number of amides is 1. The van der Waals surface area contributed by atoms with Crippen LogP contribution in [-0.4, -0.2) is 36.0 Å². The van der Waals surface area contributed by atoms with Crippen molar-refractivity contribution in [3.63, 3.8) is 0 Å². The lowest BCUT2D eigenvalue weighted by atomic mass is 10.2. The molecule has 0 aromatic rings. The summed E-state index contributed by atoms with van der Waals surface area (Å²) in [5, 5.41) is 3.08. The van der Waals surface area contributed by atoms with Crippen molar-refractivity contribution in [2.24, 2.45) is 0 Å². The third kappa shape index (κ3) is 2.02. The molecule has 0 spiro atoms. The minimum atomic E-state index is 0.172. The van der Waals surface area contributed by atoms with Crippen molar-refractivity contribution in [1.29, 1.82) is 0 Å². The summed E-state index contributed by atoms with van der Waals surface area (Å²) < 4.78 is 0. The monoisotopic (exact) mass is 182 g/mol. The van der Waals surface area contributed by atoms with Gasteiger partial charge >= 0.3 is 0 Å². The zero-order valence-electron chi connectivity index (χ0n) is 8.25. The standard InChI is InChI=1S/C10H18N2O/c1-2-12-7-3-4-9(12)10(13)11-8-5-6-8/h8-9H,2-7H2,1H3,(H,11,13)/t9-/m0/s1. The molecule has 1 N–H and O–H groups in total. The average Bonchev–Trinajstić information content (AvgIpc) is 2.82. The fraction of sp³-hybridized carbons (Fsp3) is 0.900. The molecule has 2 fully saturated rings. The number of carbonyl (C=O) groups excluding carboxylic acids is 1. The fourth-order valence-electron chi connectivity index (χ4n) is 2.03. The van der Waals surface area contributed by atoms with Crippen LogP contribution in [0, 0.1) is 0 Å². The Morgan fingerprint density at radius 2 is 2.23 bits per heavy atom. The summed E-state index contributed by atoms with van der Waals surface area (Å²) in [4.78, 5) is 14.0. The van der Waals surface area contributed by atoms with Crippen LogP contribution in [0.25, 0.3) is 0 Å². The maximum Gasteiger partial charge on any atom is 0.237 e. The minimum Gasteiger partial charge on any atom is -0.352 e. The van der Waals surface area contributed by atoms with Crippen molar-refractivity contribution in [2.75, 3.05) is 13.1 Å². The van der Waals surface area contributed by atoms with Crippen LogP contribution in [0.2, 0.25) is 0 Å². The molecule has 0 bridgehead atoms. The Bertz CT molecular complexity index is 201. The van der Waals surface area contributed by atoms with Gasteiger partial charge in [-0.05, 0) is 38.8 Å². The molecule has 74 valence electrons. The third-order valence-electron chi connectivity index (χ3n) is 3.00. The van der Waals surface area contributed by atoms with E-state index >= 15 is 0 Å². The molecule has 1 aliphatic carbocycles. The van der Waals surface area contributed by atoms with Crippen LogP contribution in [0.15, 0.2) is 0 Å². The molecule has 1 saturated heterocycles. The Balaban J connectivity index is 1.86. The van der Waals surface area contributed by atoms with Crippen LogP contribution in [-0.2, 0) is 4.79 Å². The molecule has 1 amide bonds. The van der Waals surface area contributed by atoms with Crippen molar-refractivity contribution in [3.05, 3.63) is 0 Å². The molecule has 1 aliphatic heterocycles. The summed E-state index contributed by atoms with van der Waals surface area (Å²) in [6.07, 6.45) is 4.60. The van der Waals surface area contributed by atoms with Gasteiger partial charge in [0.05, 0.1) is 6.04 Å². The second kappa shape index (κ2) is 3.66. The van der Waals surface area contributed by atoms with Gasteiger partial charge in [0.2, 0.25) is 5.91 Å². The third-order valence-corrected chi connectivity index (χ3v) is 3.00. The zero-order valence-corrected chi connectivity index (χ0v) is 8.25. The molecule has 1 saturated carbocycles. The van der Waals surface area contributed by atoms with E-state index in [1.54, 1.807) is 0 Å². The van der Waals surface area contributed by atoms with E-state index in [0.717, 1.165) is 19.5 Å². The molecule has 0 aromatic heterocycles. The number of likely N-dealkylation sites (N-methyl/N-ethyl adjacent to an activating group) is 1.